The summed E-state index contributed by atoms with van der Waals surface area (Å²) in [7, 11) is 0. The number of hydrogen-bond donors (Lipinski definition) is 4. The molecule has 0 aromatic heterocycles. The van der Waals surface area contributed by atoms with Crippen molar-refractivity contribution >= 4 is 0 Å². The minimum Gasteiger partial charge on any atom is -0.395 e. The topological polar surface area (TPSA) is 80.9 Å². The molecular formula is C20H26O4. The highest BCUT2D eigenvalue weighted by Crippen LogP contribution is 2.41. The van der Waals surface area contributed by atoms with Crippen LogP contribution in [-0.2, 0) is 5.41 Å². The summed E-state index contributed by atoms with van der Waals surface area (Å²) < 4.78 is 0. The summed E-state index contributed by atoms with van der Waals surface area (Å²) in [6.45, 7) is 2.59. The van der Waals surface area contributed by atoms with Crippen molar-refractivity contribution in [3.05, 3.63) is 71.3 Å². The first kappa shape index (κ1) is 18.6. The molecule has 2 aromatic rings. The summed E-state index contributed by atoms with van der Waals surface area (Å²) >= 11 is 0. The monoisotopic (exact) mass is 330 g/mol. The largest absolute Gasteiger partial charge is 0.395 e. The van der Waals surface area contributed by atoms with Crippen molar-refractivity contribution < 1.29 is 20.4 Å². The minimum atomic E-state index is -1.39. The first-order chi connectivity index (χ1) is 11.4. The lowest BCUT2D eigenvalue weighted by Crippen LogP contribution is -2.41. The molecule has 1 unspecified atom stereocenters. The summed E-state index contributed by atoms with van der Waals surface area (Å²) in [5, 5.41) is 39.8. The number of rotatable bonds is 7. The Morgan fingerprint density at radius 1 is 0.792 bits per heavy atom. The van der Waals surface area contributed by atoms with E-state index < -0.39 is 31.3 Å². The first-order valence-corrected chi connectivity index (χ1v) is 8.08. The van der Waals surface area contributed by atoms with E-state index in [4.69, 9.17) is 0 Å². The van der Waals surface area contributed by atoms with Gasteiger partial charge in [-0.3, -0.25) is 0 Å². The minimum absolute atomic E-state index is 0.384. The van der Waals surface area contributed by atoms with Crippen molar-refractivity contribution in [3.63, 3.8) is 0 Å². The van der Waals surface area contributed by atoms with Crippen molar-refractivity contribution in [3.8, 4) is 0 Å². The van der Waals surface area contributed by atoms with E-state index in [1.54, 1.807) is 12.1 Å². The fourth-order valence-corrected chi connectivity index (χ4v) is 3.05. The molecule has 0 spiro atoms. The third kappa shape index (κ3) is 3.23. The van der Waals surface area contributed by atoms with Crippen LogP contribution in [0.5, 0.6) is 0 Å². The molecule has 0 saturated heterocycles. The molecule has 0 aliphatic heterocycles. The Hall–Kier alpha value is -1.72. The molecule has 0 saturated carbocycles. The zero-order valence-corrected chi connectivity index (χ0v) is 14.2. The Bertz CT molecular complexity index is 639. The molecule has 0 fully saturated rings. The third-order valence-corrected chi connectivity index (χ3v) is 4.95. The lowest BCUT2D eigenvalue weighted by molar-refractivity contribution is -0.0856. The van der Waals surface area contributed by atoms with E-state index in [1.807, 2.05) is 42.5 Å². The molecule has 0 bridgehead atoms. The van der Waals surface area contributed by atoms with Crippen molar-refractivity contribution in [2.45, 2.75) is 25.4 Å². The molecule has 130 valence electrons. The second kappa shape index (κ2) is 7.45. The molecule has 0 amide bonds. The Labute approximate surface area is 143 Å². The van der Waals surface area contributed by atoms with E-state index >= 15 is 0 Å². The van der Waals surface area contributed by atoms with Gasteiger partial charge < -0.3 is 20.4 Å². The number of aliphatic hydroxyl groups is 4. The predicted molar refractivity (Wildman–Crippen MR) is 93.7 cm³/mol. The Morgan fingerprint density at radius 3 is 1.83 bits per heavy atom. The molecule has 24 heavy (non-hydrogen) atoms. The van der Waals surface area contributed by atoms with Gasteiger partial charge in [-0.15, -0.1) is 0 Å². The van der Waals surface area contributed by atoms with Crippen molar-refractivity contribution in [1.29, 1.82) is 0 Å². The van der Waals surface area contributed by atoms with E-state index in [0.717, 1.165) is 11.1 Å². The van der Waals surface area contributed by atoms with Gasteiger partial charge in [-0.05, 0) is 16.7 Å². The quantitative estimate of drug-likeness (QED) is 0.626. The second-order valence-corrected chi connectivity index (χ2v) is 6.82. The highest BCUT2D eigenvalue weighted by atomic mass is 16.3. The zero-order valence-electron chi connectivity index (χ0n) is 14.2. The molecule has 4 nitrogen and oxygen atoms in total. The summed E-state index contributed by atoms with van der Waals surface area (Å²) in [6, 6.07) is 17.4. The van der Waals surface area contributed by atoms with Crippen LogP contribution in [0.2, 0.25) is 0 Å². The van der Waals surface area contributed by atoms with Crippen LogP contribution in [0.1, 0.15) is 36.6 Å². The van der Waals surface area contributed by atoms with Crippen LogP contribution >= 0.6 is 0 Å². The normalized spacial score (nSPS) is 13.8. The Kier molecular flexibility index (Phi) is 5.78. The van der Waals surface area contributed by atoms with Crippen molar-refractivity contribution in [1.82, 2.24) is 0 Å². The van der Waals surface area contributed by atoms with Gasteiger partial charge in [0.05, 0.1) is 31.3 Å². The van der Waals surface area contributed by atoms with Gasteiger partial charge in [-0.1, -0.05) is 68.4 Å². The Morgan fingerprint density at radius 2 is 1.29 bits per heavy atom. The second-order valence-electron chi connectivity index (χ2n) is 6.82. The van der Waals surface area contributed by atoms with Crippen LogP contribution in [0.3, 0.4) is 0 Å². The van der Waals surface area contributed by atoms with Crippen LogP contribution in [0.15, 0.2) is 54.6 Å². The van der Waals surface area contributed by atoms with Crippen molar-refractivity contribution in [2.75, 3.05) is 19.8 Å². The average Bonchev–Trinajstić information content (AvgIpc) is 2.64. The smallest absolute Gasteiger partial charge is 0.0915 e. The standard InChI is InChI=1S/C20H26O4/c1-19(2,15-8-4-3-5-9-15)17-11-7-6-10-16(17)18(24)20(12-21,13-22)14-23/h3-11,18,21-24H,12-14H2,1-2H3. The summed E-state index contributed by atoms with van der Waals surface area (Å²) in [6.07, 6.45) is -1.18. The van der Waals surface area contributed by atoms with E-state index in [-0.39, 0.29) is 5.41 Å². The van der Waals surface area contributed by atoms with Gasteiger partial charge in [-0.25, -0.2) is 0 Å². The zero-order chi connectivity index (χ0) is 17.8. The number of hydrogen-bond acceptors (Lipinski definition) is 4. The fourth-order valence-electron chi connectivity index (χ4n) is 3.05. The third-order valence-electron chi connectivity index (χ3n) is 4.95. The van der Waals surface area contributed by atoms with Gasteiger partial charge in [0.15, 0.2) is 0 Å². The molecule has 4 heteroatoms. The van der Waals surface area contributed by atoms with E-state index in [0.29, 0.717) is 5.56 Å². The highest BCUT2D eigenvalue weighted by Gasteiger charge is 2.40. The molecule has 0 radical (unpaired) electrons. The van der Waals surface area contributed by atoms with Crippen LogP contribution < -0.4 is 0 Å². The van der Waals surface area contributed by atoms with Gasteiger partial charge in [0.2, 0.25) is 0 Å². The highest BCUT2D eigenvalue weighted by molar-refractivity contribution is 5.43. The van der Waals surface area contributed by atoms with Gasteiger partial charge >= 0.3 is 0 Å². The van der Waals surface area contributed by atoms with Gasteiger partial charge in [0.25, 0.3) is 0 Å². The number of benzene rings is 2. The predicted octanol–water partition coefficient (Wildman–Crippen LogP) is 2.01. The molecule has 2 aromatic carbocycles. The molecule has 4 N–H and O–H groups in total. The maximum atomic E-state index is 10.8. The first-order valence-electron chi connectivity index (χ1n) is 8.08. The maximum absolute atomic E-state index is 10.8. The summed E-state index contributed by atoms with van der Waals surface area (Å²) in [5.74, 6) is 0. The lowest BCUT2D eigenvalue weighted by Gasteiger charge is -2.37. The van der Waals surface area contributed by atoms with Crippen LogP contribution in [-0.4, -0.2) is 40.2 Å². The van der Waals surface area contributed by atoms with Crippen LogP contribution in [0.25, 0.3) is 0 Å². The van der Waals surface area contributed by atoms with Gasteiger partial charge in [0, 0.05) is 5.41 Å². The Balaban J connectivity index is 2.55. The fraction of sp³-hybridized carbons (Fsp3) is 0.400. The van der Waals surface area contributed by atoms with E-state index in [9.17, 15) is 20.4 Å². The molecule has 0 aliphatic rings. The lowest BCUT2D eigenvalue weighted by atomic mass is 9.71. The van der Waals surface area contributed by atoms with Gasteiger partial charge in [-0.2, -0.15) is 0 Å². The van der Waals surface area contributed by atoms with Crippen LogP contribution in [0.4, 0.5) is 0 Å². The molecule has 2 rings (SSSR count). The van der Waals surface area contributed by atoms with E-state index in [2.05, 4.69) is 13.8 Å². The molecule has 1 atom stereocenters. The maximum Gasteiger partial charge on any atom is 0.0915 e. The van der Waals surface area contributed by atoms with E-state index in [1.165, 1.54) is 0 Å². The van der Waals surface area contributed by atoms with Gasteiger partial charge in [0.1, 0.15) is 0 Å². The van der Waals surface area contributed by atoms with Crippen LogP contribution in [0, 0.1) is 5.41 Å². The number of aliphatic hydroxyl groups excluding tert-OH is 4. The summed E-state index contributed by atoms with van der Waals surface area (Å²) in [5.41, 5.74) is 0.813. The molecule has 0 aliphatic carbocycles. The van der Waals surface area contributed by atoms with Crippen molar-refractivity contribution in [2.24, 2.45) is 5.41 Å². The summed E-state index contributed by atoms with van der Waals surface area (Å²) in [4.78, 5) is 0. The molecular weight excluding hydrogens is 304 g/mol. The average molecular weight is 330 g/mol. The SMILES string of the molecule is CC(C)(c1ccccc1)c1ccccc1C(O)C(CO)(CO)CO. The molecule has 0 heterocycles.